The van der Waals surface area contributed by atoms with E-state index in [4.69, 9.17) is 16.3 Å². The van der Waals surface area contributed by atoms with Crippen molar-refractivity contribution in [1.82, 2.24) is 5.32 Å². The number of nitrogens with one attached hydrogen (secondary N) is 2. The Hall–Kier alpha value is -4.08. The van der Waals surface area contributed by atoms with Crippen LogP contribution in [0.2, 0.25) is 5.02 Å². The first kappa shape index (κ1) is 23.6. The van der Waals surface area contributed by atoms with Gasteiger partial charge >= 0.3 is 0 Å². The number of rotatable bonds is 8. The second kappa shape index (κ2) is 11.5. The lowest BCUT2D eigenvalue weighted by Gasteiger charge is -2.11. The number of carbonyl (C=O) groups is 2. The molecule has 3 aromatic carbocycles. The number of hydrogen-bond acceptors (Lipinski definition) is 4. The van der Waals surface area contributed by atoms with Gasteiger partial charge in [0, 0.05) is 12.2 Å². The Bertz CT molecular complexity index is 1220. The van der Waals surface area contributed by atoms with Gasteiger partial charge in [0.15, 0.2) is 6.61 Å². The maximum atomic E-state index is 12.4. The third kappa shape index (κ3) is 6.96. The van der Waals surface area contributed by atoms with Crippen LogP contribution in [0.5, 0.6) is 5.75 Å². The number of anilines is 1. The summed E-state index contributed by atoms with van der Waals surface area (Å²) in [5, 5.41) is 15.1. The number of benzene rings is 3. The first-order chi connectivity index (χ1) is 16.0. The van der Waals surface area contributed by atoms with Gasteiger partial charge in [-0.15, -0.1) is 0 Å². The van der Waals surface area contributed by atoms with Gasteiger partial charge in [-0.2, -0.15) is 5.26 Å². The topological polar surface area (TPSA) is 91.2 Å². The first-order valence-electron chi connectivity index (χ1n) is 10.2. The molecular weight excluding hydrogens is 438 g/mol. The van der Waals surface area contributed by atoms with Gasteiger partial charge in [-0.25, -0.2) is 0 Å². The average molecular weight is 460 g/mol. The Morgan fingerprint density at radius 3 is 2.48 bits per heavy atom. The van der Waals surface area contributed by atoms with E-state index in [1.165, 1.54) is 6.08 Å². The maximum absolute atomic E-state index is 12.4. The summed E-state index contributed by atoms with van der Waals surface area (Å²) in [6.07, 6.45) is 1.45. The summed E-state index contributed by atoms with van der Waals surface area (Å²) in [6, 6.07) is 23.6. The molecule has 0 aromatic heterocycles. The fraction of sp³-hybridized carbons (Fsp3) is 0.115. The number of hydrogen-bond donors (Lipinski definition) is 2. The molecule has 0 heterocycles. The van der Waals surface area contributed by atoms with Crippen molar-refractivity contribution in [3.63, 3.8) is 0 Å². The van der Waals surface area contributed by atoms with Gasteiger partial charge in [-0.1, -0.05) is 66.2 Å². The number of aryl methyl sites for hydroxylation is 1. The molecule has 0 atom stereocenters. The Kier molecular flexibility index (Phi) is 8.23. The monoisotopic (exact) mass is 459 g/mol. The molecule has 0 radical (unpaired) electrons. The number of para-hydroxylation sites is 1. The summed E-state index contributed by atoms with van der Waals surface area (Å²) >= 11 is 6.28. The minimum absolute atomic E-state index is 0.0479. The highest BCUT2D eigenvalue weighted by Crippen LogP contribution is 2.26. The van der Waals surface area contributed by atoms with Gasteiger partial charge in [-0.3, -0.25) is 9.59 Å². The smallest absolute Gasteiger partial charge is 0.262 e. The zero-order chi connectivity index (χ0) is 23.6. The van der Waals surface area contributed by atoms with Gasteiger partial charge in [0.1, 0.15) is 17.4 Å². The van der Waals surface area contributed by atoms with Crippen molar-refractivity contribution in [2.45, 2.75) is 13.5 Å². The molecule has 0 saturated heterocycles. The summed E-state index contributed by atoms with van der Waals surface area (Å²) in [5.41, 5.74) is 3.10. The van der Waals surface area contributed by atoms with Crippen molar-refractivity contribution in [2.75, 3.05) is 11.9 Å². The van der Waals surface area contributed by atoms with Crippen LogP contribution < -0.4 is 15.4 Å². The van der Waals surface area contributed by atoms with Crippen LogP contribution in [0.25, 0.3) is 6.08 Å². The minimum Gasteiger partial charge on any atom is -0.482 e. The number of nitriles is 1. The molecule has 2 amide bonds. The van der Waals surface area contributed by atoms with E-state index in [1.54, 1.807) is 18.2 Å². The normalized spacial score (nSPS) is 10.8. The van der Waals surface area contributed by atoms with E-state index in [0.717, 1.165) is 11.1 Å². The van der Waals surface area contributed by atoms with Gasteiger partial charge in [0.05, 0.1) is 5.02 Å². The molecule has 0 unspecified atom stereocenters. The van der Waals surface area contributed by atoms with Crippen molar-refractivity contribution < 1.29 is 14.3 Å². The van der Waals surface area contributed by atoms with Gasteiger partial charge in [0.25, 0.3) is 11.8 Å². The second-order valence-corrected chi connectivity index (χ2v) is 7.59. The van der Waals surface area contributed by atoms with Crippen molar-refractivity contribution in [1.29, 1.82) is 5.26 Å². The highest BCUT2D eigenvalue weighted by molar-refractivity contribution is 6.32. The summed E-state index contributed by atoms with van der Waals surface area (Å²) in [6.45, 7) is 2.00. The zero-order valence-electron chi connectivity index (χ0n) is 18.0. The van der Waals surface area contributed by atoms with Gasteiger partial charge < -0.3 is 15.4 Å². The molecular formula is C26H22ClN3O3. The third-order valence-corrected chi connectivity index (χ3v) is 5.00. The molecule has 0 aliphatic carbocycles. The average Bonchev–Trinajstić information content (AvgIpc) is 2.82. The molecule has 0 saturated carbocycles. The fourth-order valence-corrected chi connectivity index (χ4v) is 3.20. The summed E-state index contributed by atoms with van der Waals surface area (Å²) in [4.78, 5) is 24.5. The Morgan fingerprint density at radius 1 is 1.06 bits per heavy atom. The molecule has 33 heavy (non-hydrogen) atoms. The summed E-state index contributed by atoms with van der Waals surface area (Å²) in [5.74, 6) is -0.474. The number of halogens is 1. The van der Waals surface area contributed by atoms with E-state index < -0.39 is 5.91 Å². The van der Waals surface area contributed by atoms with Crippen LogP contribution in [0.3, 0.4) is 0 Å². The molecule has 0 aliphatic heterocycles. The highest BCUT2D eigenvalue weighted by Gasteiger charge is 2.11. The molecule has 0 spiro atoms. The highest BCUT2D eigenvalue weighted by atomic mass is 35.5. The second-order valence-electron chi connectivity index (χ2n) is 7.18. The predicted molar refractivity (Wildman–Crippen MR) is 129 cm³/mol. The molecule has 2 N–H and O–H groups in total. The molecule has 3 aromatic rings. The lowest BCUT2D eigenvalue weighted by molar-refractivity contribution is -0.118. The van der Waals surface area contributed by atoms with E-state index in [1.807, 2.05) is 67.6 Å². The van der Waals surface area contributed by atoms with Crippen LogP contribution in [0.4, 0.5) is 5.69 Å². The van der Waals surface area contributed by atoms with Crippen LogP contribution in [0.15, 0.2) is 78.4 Å². The maximum Gasteiger partial charge on any atom is 0.262 e. The molecule has 166 valence electrons. The summed E-state index contributed by atoms with van der Waals surface area (Å²) in [7, 11) is 0. The SMILES string of the molecule is Cc1ccccc1NC(=O)COc1ccc(/C=C(\C#N)C(=O)NCc2ccccc2)cc1Cl. The lowest BCUT2D eigenvalue weighted by atomic mass is 10.1. The largest absolute Gasteiger partial charge is 0.482 e. The van der Waals surface area contributed by atoms with Crippen molar-refractivity contribution in [2.24, 2.45) is 0 Å². The number of nitrogens with zero attached hydrogens (tertiary/aromatic N) is 1. The first-order valence-corrected chi connectivity index (χ1v) is 10.6. The lowest BCUT2D eigenvalue weighted by Crippen LogP contribution is -2.23. The summed E-state index contributed by atoms with van der Waals surface area (Å²) < 4.78 is 5.52. The van der Waals surface area contributed by atoms with E-state index in [0.29, 0.717) is 23.5 Å². The van der Waals surface area contributed by atoms with Crippen molar-refractivity contribution in [3.05, 3.63) is 100 Å². The molecule has 7 heteroatoms. The van der Waals surface area contributed by atoms with Crippen molar-refractivity contribution in [3.8, 4) is 11.8 Å². The van der Waals surface area contributed by atoms with E-state index in [2.05, 4.69) is 10.6 Å². The molecule has 0 aliphatic rings. The predicted octanol–water partition coefficient (Wildman–Crippen LogP) is 4.89. The van der Waals surface area contributed by atoms with E-state index in [9.17, 15) is 14.9 Å². The quantitative estimate of drug-likeness (QED) is 0.370. The Balaban J connectivity index is 1.59. The van der Waals surface area contributed by atoms with E-state index in [-0.39, 0.29) is 23.1 Å². The van der Waals surface area contributed by atoms with Crippen molar-refractivity contribution >= 4 is 35.2 Å². The van der Waals surface area contributed by atoms with Gasteiger partial charge in [-0.05, 0) is 47.9 Å². The Morgan fingerprint density at radius 2 is 1.79 bits per heavy atom. The number of carbonyl (C=O) groups excluding carboxylic acids is 2. The zero-order valence-corrected chi connectivity index (χ0v) is 18.7. The minimum atomic E-state index is -0.481. The Labute approximate surface area is 197 Å². The van der Waals surface area contributed by atoms with Crippen LogP contribution >= 0.6 is 11.6 Å². The fourth-order valence-electron chi connectivity index (χ4n) is 2.96. The van der Waals surface area contributed by atoms with Gasteiger partial charge in [0.2, 0.25) is 0 Å². The van der Waals surface area contributed by atoms with Crippen LogP contribution in [0.1, 0.15) is 16.7 Å². The molecule has 0 bridgehead atoms. The number of amides is 2. The molecule has 3 rings (SSSR count). The number of ether oxygens (including phenoxy) is 1. The van der Waals surface area contributed by atoms with Crippen LogP contribution in [-0.4, -0.2) is 18.4 Å². The third-order valence-electron chi connectivity index (χ3n) is 4.71. The molecule has 0 fully saturated rings. The molecule has 6 nitrogen and oxygen atoms in total. The van der Waals surface area contributed by atoms with Crippen LogP contribution in [0, 0.1) is 18.3 Å². The van der Waals surface area contributed by atoms with Crippen LogP contribution in [-0.2, 0) is 16.1 Å². The standard InChI is InChI=1S/C26H22ClN3O3/c1-18-7-5-6-10-23(18)30-25(31)17-33-24-12-11-20(14-22(24)27)13-21(15-28)26(32)29-16-19-8-3-2-4-9-19/h2-14H,16-17H2,1H3,(H,29,32)(H,30,31)/b21-13+. The van der Waals surface area contributed by atoms with E-state index >= 15 is 0 Å².